The number of carbonyl (C=O) groups is 2. The Hall–Kier alpha value is -2.15. The van der Waals surface area contributed by atoms with Gasteiger partial charge in [-0.3, -0.25) is 14.3 Å². The average molecular weight is 334 g/mol. The molecule has 0 spiro atoms. The number of carbonyl (C=O) groups excluding carboxylic acids is 2. The summed E-state index contributed by atoms with van der Waals surface area (Å²) in [6, 6.07) is 5.02. The molecule has 2 aromatic rings. The largest absolute Gasteiger partial charge is 0.354 e. The van der Waals surface area contributed by atoms with E-state index < -0.39 is 6.04 Å². The smallest absolute Gasteiger partial charge is 0.261 e. The average Bonchev–Trinajstić information content (AvgIpc) is 3.13. The molecule has 2 N–H and O–H groups in total. The summed E-state index contributed by atoms with van der Waals surface area (Å²) >= 11 is 1.35. The second-order valence-corrected chi connectivity index (χ2v) is 6.41. The topological polar surface area (TPSA) is 76.0 Å². The van der Waals surface area contributed by atoms with Crippen molar-refractivity contribution in [1.29, 1.82) is 0 Å². The maximum absolute atomic E-state index is 12.0. The summed E-state index contributed by atoms with van der Waals surface area (Å²) in [7, 11) is 0. The Morgan fingerprint density at radius 3 is 2.78 bits per heavy atom. The first-order valence-corrected chi connectivity index (χ1v) is 8.48. The van der Waals surface area contributed by atoms with Crippen LogP contribution in [0.3, 0.4) is 0 Å². The van der Waals surface area contributed by atoms with E-state index in [0.717, 1.165) is 24.4 Å². The van der Waals surface area contributed by atoms with Gasteiger partial charge in [0.05, 0.1) is 10.6 Å². The van der Waals surface area contributed by atoms with Gasteiger partial charge in [-0.15, -0.1) is 11.3 Å². The highest BCUT2D eigenvalue weighted by Crippen LogP contribution is 2.08. The van der Waals surface area contributed by atoms with Crippen molar-refractivity contribution in [1.82, 2.24) is 20.4 Å². The fraction of sp³-hybridized carbons (Fsp3) is 0.438. The summed E-state index contributed by atoms with van der Waals surface area (Å²) in [5.74, 6) is -0.395. The first kappa shape index (κ1) is 17.2. The predicted molar refractivity (Wildman–Crippen MR) is 90.6 cm³/mol. The molecule has 0 aromatic carbocycles. The van der Waals surface area contributed by atoms with E-state index in [1.54, 1.807) is 13.0 Å². The van der Waals surface area contributed by atoms with Gasteiger partial charge in [-0.1, -0.05) is 6.07 Å². The lowest BCUT2D eigenvalue weighted by molar-refractivity contribution is -0.122. The maximum Gasteiger partial charge on any atom is 0.261 e. The van der Waals surface area contributed by atoms with E-state index in [1.807, 2.05) is 36.0 Å². The molecule has 0 fully saturated rings. The van der Waals surface area contributed by atoms with Crippen molar-refractivity contribution in [3.05, 3.63) is 39.8 Å². The van der Waals surface area contributed by atoms with Gasteiger partial charge >= 0.3 is 0 Å². The fourth-order valence-electron chi connectivity index (χ4n) is 2.24. The molecule has 0 saturated heterocycles. The first-order valence-electron chi connectivity index (χ1n) is 7.60. The molecule has 2 rings (SSSR count). The minimum Gasteiger partial charge on any atom is -0.354 e. The molecule has 7 heteroatoms. The van der Waals surface area contributed by atoms with Crippen LogP contribution in [0.1, 0.15) is 34.4 Å². The highest BCUT2D eigenvalue weighted by molar-refractivity contribution is 7.12. The number of aromatic nitrogens is 2. The molecule has 0 bridgehead atoms. The highest BCUT2D eigenvalue weighted by atomic mass is 32.1. The van der Waals surface area contributed by atoms with Crippen LogP contribution in [-0.4, -0.2) is 34.2 Å². The molecular formula is C16H22N4O2S. The number of amides is 2. The van der Waals surface area contributed by atoms with Gasteiger partial charge in [0.1, 0.15) is 6.04 Å². The van der Waals surface area contributed by atoms with Crippen molar-refractivity contribution < 1.29 is 9.59 Å². The third-order valence-corrected chi connectivity index (χ3v) is 4.30. The zero-order valence-electron chi connectivity index (χ0n) is 13.6. The minimum absolute atomic E-state index is 0.178. The molecule has 124 valence electrons. The zero-order chi connectivity index (χ0) is 16.8. The van der Waals surface area contributed by atoms with Crippen LogP contribution in [0.15, 0.2) is 23.6 Å². The monoisotopic (exact) mass is 334 g/mol. The molecule has 0 aliphatic heterocycles. The number of hydrogen-bond acceptors (Lipinski definition) is 4. The van der Waals surface area contributed by atoms with E-state index in [-0.39, 0.29) is 11.8 Å². The Bertz CT molecular complexity index is 664. The van der Waals surface area contributed by atoms with E-state index in [0.29, 0.717) is 11.4 Å². The predicted octanol–water partition coefficient (Wildman–Crippen LogP) is 1.89. The minimum atomic E-state index is -0.557. The van der Waals surface area contributed by atoms with Gasteiger partial charge in [0.25, 0.3) is 5.91 Å². The van der Waals surface area contributed by atoms with Crippen LogP contribution < -0.4 is 10.6 Å². The number of aryl methyl sites for hydroxylation is 3. The molecule has 0 saturated carbocycles. The molecule has 2 amide bonds. The fourth-order valence-corrected chi connectivity index (χ4v) is 2.86. The Balaban J connectivity index is 1.70. The van der Waals surface area contributed by atoms with Gasteiger partial charge < -0.3 is 10.6 Å². The van der Waals surface area contributed by atoms with Crippen LogP contribution in [0, 0.1) is 13.8 Å². The molecule has 0 aliphatic rings. The van der Waals surface area contributed by atoms with E-state index in [4.69, 9.17) is 0 Å². The van der Waals surface area contributed by atoms with Gasteiger partial charge in [-0.2, -0.15) is 5.10 Å². The second kappa shape index (κ2) is 7.92. The van der Waals surface area contributed by atoms with Crippen molar-refractivity contribution in [3.8, 4) is 0 Å². The van der Waals surface area contributed by atoms with E-state index in [1.165, 1.54) is 11.3 Å². The lowest BCUT2D eigenvalue weighted by Gasteiger charge is -2.13. The molecule has 2 aromatic heterocycles. The maximum atomic E-state index is 12.0. The van der Waals surface area contributed by atoms with Gasteiger partial charge in [0, 0.05) is 18.8 Å². The molecule has 0 radical (unpaired) electrons. The zero-order valence-corrected chi connectivity index (χ0v) is 14.4. The quantitative estimate of drug-likeness (QED) is 0.759. The first-order chi connectivity index (χ1) is 11.0. The van der Waals surface area contributed by atoms with Crippen molar-refractivity contribution >= 4 is 23.2 Å². The highest BCUT2D eigenvalue weighted by Gasteiger charge is 2.16. The molecular weight excluding hydrogens is 312 g/mol. The van der Waals surface area contributed by atoms with Gasteiger partial charge in [-0.05, 0) is 44.7 Å². The second-order valence-electron chi connectivity index (χ2n) is 5.47. The van der Waals surface area contributed by atoms with Crippen LogP contribution in [0.2, 0.25) is 0 Å². The molecule has 23 heavy (non-hydrogen) atoms. The molecule has 1 atom stereocenters. The standard InChI is InChI=1S/C16H22N4O2S/c1-11-10-12(2)20(19-11)8-5-7-17-15(21)13(3)18-16(22)14-6-4-9-23-14/h4,6,9-10,13H,5,7-8H2,1-3H3,(H,17,21)(H,18,22)/t13-/m1/s1. The number of nitrogens with zero attached hydrogens (tertiary/aromatic N) is 2. The summed E-state index contributed by atoms with van der Waals surface area (Å²) < 4.78 is 1.93. The Morgan fingerprint density at radius 1 is 1.39 bits per heavy atom. The van der Waals surface area contributed by atoms with E-state index in [9.17, 15) is 9.59 Å². The van der Waals surface area contributed by atoms with Crippen LogP contribution >= 0.6 is 11.3 Å². The summed E-state index contributed by atoms with van der Waals surface area (Å²) in [4.78, 5) is 24.5. The normalized spacial score (nSPS) is 12.0. The van der Waals surface area contributed by atoms with Gasteiger partial charge in [0.2, 0.25) is 5.91 Å². The lowest BCUT2D eigenvalue weighted by atomic mass is 10.3. The Morgan fingerprint density at radius 2 is 2.17 bits per heavy atom. The Labute approximate surface area is 139 Å². The van der Waals surface area contributed by atoms with Crippen molar-refractivity contribution in [2.75, 3.05) is 6.54 Å². The third-order valence-electron chi connectivity index (χ3n) is 3.44. The SMILES string of the molecule is Cc1cc(C)n(CCCNC(=O)[C@@H](C)NC(=O)c2cccs2)n1. The molecule has 0 unspecified atom stereocenters. The number of nitrogens with one attached hydrogen (secondary N) is 2. The summed E-state index contributed by atoms with van der Waals surface area (Å²) in [5, 5.41) is 11.7. The molecule has 2 heterocycles. The van der Waals surface area contributed by atoms with Crippen LogP contribution in [0.4, 0.5) is 0 Å². The summed E-state index contributed by atoms with van der Waals surface area (Å²) in [6.07, 6.45) is 0.791. The van der Waals surface area contributed by atoms with Crippen molar-refractivity contribution in [2.45, 2.75) is 39.8 Å². The summed E-state index contributed by atoms with van der Waals surface area (Å²) in [5.41, 5.74) is 2.11. The number of hydrogen-bond donors (Lipinski definition) is 2. The lowest BCUT2D eigenvalue weighted by Crippen LogP contribution is -2.45. The van der Waals surface area contributed by atoms with Gasteiger partial charge in [-0.25, -0.2) is 0 Å². The Kier molecular flexibility index (Phi) is 5.92. The molecule has 0 aliphatic carbocycles. The number of rotatable bonds is 7. The van der Waals surface area contributed by atoms with Crippen LogP contribution in [-0.2, 0) is 11.3 Å². The van der Waals surface area contributed by atoms with Crippen molar-refractivity contribution in [3.63, 3.8) is 0 Å². The number of thiophene rings is 1. The van der Waals surface area contributed by atoms with Crippen LogP contribution in [0.5, 0.6) is 0 Å². The van der Waals surface area contributed by atoms with Gasteiger partial charge in [0.15, 0.2) is 0 Å². The van der Waals surface area contributed by atoms with E-state index >= 15 is 0 Å². The molecule has 6 nitrogen and oxygen atoms in total. The van der Waals surface area contributed by atoms with Crippen molar-refractivity contribution in [2.24, 2.45) is 0 Å². The van der Waals surface area contributed by atoms with Crippen LogP contribution in [0.25, 0.3) is 0 Å². The van der Waals surface area contributed by atoms with E-state index in [2.05, 4.69) is 15.7 Å². The third kappa shape index (κ3) is 4.92. The summed E-state index contributed by atoms with van der Waals surface area (Å²) in [6.45, 7) is 6.97.